The predicted octanol–water partition coefficient (Wildman–Crippen LogP) is 3.01. The first-order valence-electron chi connectivity index (χ1n) is 10.8. The molecule has 0 unspecified atom stereocenters. The largest absolute Gasteiger partial charge is 0.392 e. The Labute approximate surface area is 182 Å². The van der Waals surface area contributed by atoms with Gasteiger partial charge in [-0.2, -0.15) is 0 Å². The Morgan fingerprint density at radius 2 is 1.87 bits per heavy atom. The fourth-order valence-electron chi connectivity index (χ4n) is 4.07. The first-order chi connectivity index (χ1) is 15.1. The Hall–Kier alpha value is -2.29. The summed E-state index contributed by atoms with van der Waals surface area (Å²) >= 11 is 0. The summed E-state index contributed by atoms with van der Waals surface area (Å²) in [5.74, 6) is -0.116. The van der Waals surface area contributed by atoms with Crippen molar-refractivity contribution < 1.29 is 24.1 Å². The number of hydrogen-bond acceptors (Lipinski definition) is 6. The molecule has 1 amide bonds. The lowest BCUT2D eigenvalue weighted by molar-refractivity contribution is -0.253. The van der Waals surface area contributed by atoms with Gasteiger partial charge in [0.15, 0.2) is 6.29 Å². The average molecular weight is 427 g/mol. The summed E-state index contributed by atoms with van der Waals surface area (Å²) < 4.78 is 18.2. The van der Waals surface area contributed by atoms with Crippen LogP contribution in [0.25, 0.3) is 0 Å². The molecule has 0 aromatic heterocycles. The smallest absolute Gasteiger partial charge is 0.221 e. The number of amides is 1. The van der Waals surface area contributed by atoms with E-state index < -0.39 is 6.29 Å². The van der Waals surface area contributed by atoms with E-state index in [0.717, 1.165) is 61.6 Å². The molecule has 4 rings (SSSR count). The number of aliphatic hydroxyl groups is 1. The topological polar surface area (TPSA) is 80.3 Å². The van der Waals surface area contributed by atoms with E-state index in [0.29, 0.717) is 0 Å². The molecule has 0 radical (unpaired) electrons. The highest BCUT2D eigenvalue weighted by molar-refractivity contribution is 5.88. The van der Waals surface area contributed by atoms with E-state index in [4.69, 9.17) is 14.2 Å². The third-order valence-corrected chi connectivity index (χ3v) is 5.66. The highest BCUT2D eigenvalue weighted by Crippen LogP contribution is 2.38. The summed E-state index contributed by atoms with van der Waals surface area (Å²) in [6.07, 6.45) is 0.0966. The number of ether oxygens (including phenoxy) is 3. The lowest BCUT2D eigenvalue weighted by Gasteiger charge is -2.39. The van der Waals surface area contributed by atoms with Crippen LogP contribution in [0.1, 0.15) is 42.4 Å². The molecule has 7 heteroatoms. The maximum absolute atomic E-state index is 11.5. The number of morpholine rings is 1. The number of anilines is 1. The van der Waals surface area contributed by atoms with Crippen LogP contribution in [0.4, 0.5) is 5.69 Å². The van der Waals surface area contributed by atoms with Crippen LogP contribution in [0, 0.1) is 0 Å². The number of nitrogens with zero attached hydrogens (tertiary/aromatic N) is 1. The molecule has 31 heavy (non-hydrogen) atoms. The zero-order chi connectivity index (χ0) is 21.6. The molecule has 0 saturated carbocycles. The van der Waals surface area contributed by atoms with Gasteiger partial charge in [-0.05, 0) is 23.3 Å². The van der Waals surface area contributed by atoms with Gasteiger partial charge in [-0.3, -0.25) is 9.69 Å². The Morgan fingerprint density at radius 3 is 2.58 bits per heavy atom. The second-order valence-corrected chi connectivity index (χ2v) is 8.07. The van der Waals surface area contributed by atoms with E-state index in [9.17, 15) is 9.90 Å². The number of aliphatic hydroxyl groups excluding tert-OH is 1. The van der Waals surface area contributed by atoms with Crippen molar-refractivity contribution in [3.05, 3.63) is 65.2 Å². The van der Waals surface area contributed by atoms with Crippen molar-refractivity contribution in [2.75, 3.05) is 38.2 Å². The van der Waals surface area contributed by atoms with Crippen LogP contribution in [0.2, 0.25) is 0 Å². The van der Waals surface area contributed by atoms with Gasteiger partial charge in [0, 0.05) is 44.2 Å². The lowest BCUT2D eigenvalue weighted by Crippen LogP contribution is -2.44. The summed E-state index contributed by atoms with van der Waals surface area (Å²) in [7, 11) is 0. The molecular formula is C24H30N2O5. The molecule has 0 aliphatic carbocycles. The fourth-order valence-corrected chi connectivity index (χ4v) is 4.07. The molecule has 2 heterocycles. The van der Waals surface area contributed by atoms with Gasteiger partial charge in [-0.25, -0.2) is 0 Å². The summed E-state index contributed by atoms with van der Waals surface area (Å²) in [5.41, 5.74) is 3.53. The van der Waals surface area contributed by atoms with Gasteiger partial charge in [0.1, 0.15) is 0 Å². The zero-order valence-corrected chi connectivity index (χ0v) is 17.8. The Bertz CT molecular complexity index is 867. The molecule has 2 aromatic carbocycles. The fraction of sp³-hybridized carbons (Fsp3) is 0.458. The van der Waals surface area contributed by atoms with Crippen LogP contribution in [0.3, 0.4) is 0 Å². The van der Waals surface area contributed by atoms with E-state index in [1.807, 2.05) is 48.5 Å². The highest BCUT2D eigenvalue weighted by atomic mass is 16.7. The lowest BCUT2D eigenvalue weighted by atomic mass is 9.99. The van der Waals surface area contributed by atoms with Crippen LogP contribution >= 0.6 is 0 Å². The number of carbonyl (C=O) groups is 1. The van der Waals surface area contributed by atoms with Gasteiger partial charge < -0.3 is 24.6 Å². The monoisotopic (exact) mass is 426 g/mol. The number of carbonyl (C=O) groups excluding carboxylic acids is 1. The predicted molar refractivity (Wildman–Crippen MR) is 116 cm³/mol. The number of rotatable bonds is 6. The van der Waals surface area contributed by atoms with Crippen molar-refractivity contribution in [3.63, 3.8) is 0 Å². The molecule has 2 aliphatic heterocycles. The van der Waals surface area contributed by atoms with Crippen molar-refractivity contribution in [1.82, 2.24) is 4.90 Å². The van der Waals surface area contributed by atoms with E-state index in [-0.39, 0.29) is 24.7 Å². The molecule has 2 fully saturated rings. The molecule has 2 N–H and O–H groups in total. The molecule has 2 aromatic rings. The second kappa shape index (κ2) is 10.3. The standard InChI is InChI=1S/C24H30N2O5/c1-17(28)25-21-4-2-3-20(13-21)24-30-22(15-26-9-11-29-12-10-26)14-23(31-24)19-7-5-18(16-27)6-8-19/h2-8,13,22-24,27H,9-12,14-16H2,1H3,(H,25,28)/t22-,23+,24+/m1/s1. The SMILES string of the molecule is CC(=O)Nc1cccc([C@H]2O[C@@H](CN3CCOCC3)C[C@@H](c3ccc(CO)cc3)O2)c1. The van der Waals surface area contributed by atoms with Crippen LogP contribution in [0.5, 0.6) is 0 Å². The number of hydrogen-bond donors (Lipinski definition) is 2. The van der Waals surface area contributed by atoms with Gasteiger partial charge in [-0.15, -0.1) is 0 Å². The second-order valence-electron chi connectivity index (χ2n) is 8.07. The summed E-state index contributed by atoms with van der Waals surface area (Å²) in [6.45, 7) is 5.63. The zero-order valence-electron chi connectivity index (χ0n) is 17.8. The molecule has 2 aliphatic rings. The molecule has 7 nitrogen and oxygen atoms in total. The van der Waals surface area contributed by atoms with Crippen LogP contribution in [-0.2, 0) is 25.6 Å². The third-order valence-electron chi connectivity index (χ3n) is 5.66. The minimum absolute atomic E-state index is 0.00351. The van der Waals surface area contributed by atoms with Gasteiger partial charge in [-0.1, -0.05) is 36.4 Å². The molecule has 0 bridgehead atoms. The van der Waals surface area contributed by atoms with Crippen LogP contribution in [-0.4, -0.2) is 54.9 Å². The van der Waals surface area contributed by atoms with Crippen molar-refractivity contribution in [2.24, 2.45) is 0 Å². The Balaban J connectivity index is 1.55. The Kier molecular flexibility index (Phi) is 7.32. The first kappa shape index (κ1) is 21.9. The first-order valence-corrected chi connectivity index (χ1v) is 10.8. The maximum atomic E-state index is 11.5. The molecule has 3 atom stereocenters. The Morgan fingerprint density at radius 1 is 1.10 bits per heavy atom. The summed E-state index contributed by atoms with van der Waals surface area (Å²) in [4.78, 5) is 13.8. The van der Waals surface area contributed by atoms with Crippen molar-refractivity contribution in [2.45, 2.75) is 38.4 Å². The molecule has 2 saturated heterocycles. The summed E-state index contributed by atoms with van der Waals surface area (Å²) in [6, 6.07) is 15.5. The average Bonchev–Trinajstić information content (AvgIpc) is 2.79. The minimum atomic E-state index is -0.531. The third kappa shape index (κ3) is 5.90. The van der Waals surface area contributed by atoms with Crippen molar-refractivity contribution in [1.29, 1.82) is 0 Å². The van der Waals surface area contributed by atoms with Crippen molar-refractivity contribution in [3.8, 4) is 0 Å². The molecule has 166 valence electrons. The van der Waals surface area contributed by atoms with E-state index in [1.54, 1.807) is 0 Å². The summed E-state index contributed by atoms with van der Waals surface area (Å²) in [5, 5.41) is 12.2. The van der Waals surface area contributed by atoms with Gasteiger partial charge in [0.2, 0.25) is 5.91 Å². The van der Waals surface area contributed by atoms with E-state index in [1.165, 1.54) is 6.92 Å². The minimum Gasteiger partial charge on any atom is -0.392 e. The van der Waals surface area contributed by atoms with Crippen molar-refractivity contribution >= 4 is 11.6 Å². The van der Waals surface area contributed by atoms with Gasteiger partial charge in [0.25, 0.3) is 0 Å². The number of nitrogens with one attached hydrogen (secondary N) is 1. The van der Waals surface area contributed by atoms with E-state index in [2.05, 4.69) is 10.2 Å². The van der Waals surface area contributed by atoms with E-state index >= 15 is 0 Å². The molecule has 0 spiro atoms. The van der Waals surface area contributed by atoms with Gasteiger partial charge >= 0.3 is 0 Å². The maximum Gasteiger partial charge on any atom is 0.221 e. The van der Waals surface area contributed by atoms with Crippen LogP contribution in [0.15, 0.2) is 48.5 Å². The molecular weight excluding hydrogens is 396 g/mol. The quantitative estimate of drug-likeness (QED) is 0.739. The van der Waals surface area contributed by atoms with Crippen LogP contribution < -0.4 is 5.32 Å². The van der Waals surface area contributed by atoms with Gasteiger partial charge in [0.05, 0.1) is 32.0 Å². The number of benzene rings is 2. The highest BCUT2D eigenvalue weighted by Gasteiger charge is 2.33. The normalized spacial score (nSPS) is 24.6.